The molecular weight excluding hydrogens is 452 g/mol. The number of nitrogens with zero attached hydrogens (tertiary/aromatic N) is 1. The van der Waals surface area contributed by atoms with Gasteiger partial charge in [-0.1, -0.05) is 41.1 Å². The molecule has 156 valence electrons. The third-order valence-corrected chi connectivity index (χ3v) is 4.93. The lowest BCUT2D eigenvalue weighted by Gasteiger charge is -2.26. The molecule has 0 spiro atoms. The maximum atomic E-state index is 13.0. The normalized spacial score (nSPS) is 15.4. The van der Waals surface area contributed by atoms with Crippen molar-refractivity contribution < 1.29 is 23.9 Å². The fourth-order valence-electron chi connectivity index (χ4n) is 2.88. The quantitative estimate of drug-likeness (QED) is 0.479. The van der Waals surface area contributed by atoms with Crippen molar-refractivity contribution in [2.24, 2.45) is 0 Å². The molecule has 1 aliphatic rings. The van der Waals surface area contributed by atoms with Crippen LogP contribution in [0.15, 0.2) is 52.5 Å². The maximum Gasteiger partial charge on any atom is 0.335 e. The second-order valence-electron chi connectivity index (χ2n) is 6.40. The SMILES string of the molecule is CCCOc1cc(Br)c(/C=C2/C(=O)NC(=O)N(c3ccccc3)C2=O)cc1OCC. The van der Waals surface area contributed by atoms with Gasteiger partial charge in [-0.15, -0.1) is 0 Å². The van der Waals surface area contributed by atoms with Crippen LogP contribution in [0, 0.1) is 0 Å². The van der Waals surface area contributed by atoms with Crippen molar-refractivity contribution in [2.75, 3.05) is 18.1 Å². The number of rotatable bonds is 7. The third-order valence-electron chi connectivity index (χ3n) is 4.24. The van der Waals surface area contributed by atoms with Gasteiger partial charge in [0.2, 0.25) is 0 Å². The van der Waals surface area contributed by atoms with Gasteiger partial charge >= 0.3 is 6.03 Å². The van der Waals surface area contributed by atoms with Gasteiger partial charge in [0.1, 0.15) is 5.57 Å². The molecule has 7 nitrogen and oxygen atoms in total. The Morgan fingerprint density at radius 2 is 1.73 bits per heavy atom. The van der Waals surface area contributed by atoms with Gasteiger partial charge in [0.05, 0.1) is 18.9 Å². The summed E-state index contributed by atoms with van der Waals surface area (Å²) in [6.07, 6.45) is 2.27. The smallest absolute Gasteiger partial charge is 0.335 e. The molecule has 1 aliphatic heterocycles. The number of carbonyl (C=O) groups excluding carboxylic acids is 3. The summed E-state index contributed by atoms with van der Waals surface area (Å²) in [5, 5.41) is 2.21. The predicted molar refractivity (Wildman–Crippen MR) is 117 cm³/mol. The highest BCUT2D eigenvalue weighted by Gasteiger charge is 2.36. The minimum atomic E-state index is -0.786. The summed E-state index contributed by atoms with van der Waals surface area (Å²) in [6, 6.07) is 11.1. The molecule has 0 saturated carbocycles. The number of nitrogens with one attached hydrogen (secondary N) is 1. The predicted octanol–water partition coefficient (Wildman–Crippen LogP) is 4.30. The first-order chi connectivity index (χ1) is 14.5. The molecule has 2 aromatic rings. The van der Waals surface area contributed by atoms with E-state index in [4.69, 9.17) is 9.47 Å². The molecule has 0 radical (unpaired) electrons. The molecule has 4 amide bonds. The summed E-state index contributed by atoms with van der Waals surface area (Å²) in [7, 11) is 0. The van der Waals surface area contributed by atoms with Gasteiger partial charge in [0.15, 0.2) is 11.5 Å². The Balaban J connectivity index is 2.01. The molecule has 2 aromatic carbocycles. The highest BCUT2D eigenvalue weighted by molar-refractivity contribution is 9.10. The third kappa shape index (κ3) is 4.54. The molecule has 0 aliphatic carbocycles. The fraction of sp³-hybridized carbons (Fsp3) is 0.227. The molecule has 8 heteroatoms. The number of anilines is 1. The van der Waals surface area contributed by atoms with Crippen LogP contribution in [-0.2, 0) is 9.59 Å². The van der Waals surface area contributed by atoms with E-state index in [1.807, 2.05) is 13.8 Å². The number of hydrogen-bond acceptors (Lipinski definition) is 5. The Labute approximate surface area is 182 Å². The number of benzene rings is 2. The average molecular weight is 473 g/mol. The van der Waals surface area contributed by atoms with Gasteiger partial charge in [-0.3, -0.25) is 14.9 Å². The summed E-state index contributed by atoms with van der Waals surface area (Å²) in [5.41, 5.74) is 0.753. The van der Waals surface area contributed by atoms with Crippen molar-refractivity contribution in [1.82, 2.24) is 5.32 Å². The highest BCUT2D eigenvalue weighted by atomic mass is 79.9. The zero-order chi connectivity index (χ0) is 21.7. The number of imide groups is 2. The number of hydrogen-bond donors (Lipinski definition) is 1. The molecule has 1 fully saturated rings. The van der Waals surface area contributed by atoms with Crippen LogP contribution in [0.1, 0.15) is 25.8 Å². The van der Waals surface area contributed by atoms with Crippen molar-refractivity contribution in [3.8, 4) is 11.5 Å². The number of carbonyl (C=O) groups is 3. The number of halogens is 1. The Morgan fingerprint density at radius 1 is 1.03 bits per heavy atom. The lowest BCUT2D eigenvalue weighted by Crippen LogP contribution is -2.54. The summed E-state index contributed by atoms with van der Waals surface area (Å²) in [5.74, 6) is -0.395. The number of ether oxygens (including phenoxy) is 2. The first-order valence-electron chi connectivity index (χ1n) is 9.51. The Morgan fingerprint density at radius 3 is 2.40 bits per heavy atom. The summed E-state index contributed by atoms with van der Waals surface area (Å²) < 4.78 is 12.0. The Hall–Kier alpha value is -3.13. The fourth-order valence-corrected chi connectivity index (χ4v) is 3.32. The van der Waals surface area contributed by atoms with Crippen LogP contribution in [-0.4, -0.2) is 31.1 Å². The second kappa shape index (κ2) is 9.58. The molecule has 0 unspecified atom stereocenters. The van der Waals surface area contributed by atoms with Crippen LogP contribution in [0.3, 0.4) is 0 Å². The largest absolute Gasteiger partial charge is 0.490 e. The van der Waals surface area contributed by atoms with E-state index in [1.165, 1.54) is 6.08 Å². The van der Waals surface area contributed by atoms with Crippen molar-refractivity contribution in [1.29, 1.82) is 0 Å². The van der Waals surface area contributed by atoms with E-state index in [2.05, 4.69) is 21.2 Å². The van der Waals surface area contributed by atoms with Gasteiger partial charge in [-0.25, -0.2) is 9.69 Å². The van der Waals surface area contributed by atoms with Crippen LogP contribution in [0.2, 0.25) is 0 Å². The van der Waals surface area contributed by atoms with E-state index < -0.39 is 17.8 Å². The van der Waals surface area contributed by atoms with Gasteiger partial charge < -0.3 is 9.47 Å². The number of amides is 4. The van der Waals surface area contributed by atoms with E-state index in [0.29, 0.717) is 40.4 Å². The summed E-state index contributed by atoms with van der Waals surface area (Å²) in [6.45, 7) is 4.81. The van der Waals surface area contributed by atoms with Gasteiger partial charge in [0.25, 0.3) is 11.8 Å². The van der Waals surface area contributed by atoms with Crippen LogP contribution < -0.4 is 19.7 Å². The molecule has 30 heavy (non-hydrogen) atoms. The standard InChI is InChI=1S/C22H21BrN2O5/c1-3-10-30-19-13-17(23)14(12-18(19)29-4-2)11-16-20(26)24-22(28)25(21(16)27)15-8-6-5-7-9-15/h5-9,11-13H,3-4,10H2,1-2H3,(H,24,26,28)/b16-11-. The van der Waals surface area contributed by atoms with Crippen molar-refractivity contribution in [3.05, 3.63) is 58.1 Å². The molecule has 0 aromatic heterocycles. The highest BCUT2D eigenvalue weighted by Crippen LogP contribution is 2.35. The van der Waals surface area contributed by atoms with Gasteiger partial charge in [-0.05, 0) is 49.2 Å². The van der Waals surface area contributed by atoms with Crippen molar-refractivity contribution in [3.63, 3.8) is 0 Å². The molecule has 0 bridgehead atoms. The molecular formula is C22H21BrN2O5. The maximum absolute atomic E-state index is 13.0. The lowest BCUT2D eigenvalue weighted by molar-refractivity contribution is -0.122. The van der Waals surface area contributed by atoms with Crippen LogP contribution in [0.4, 0.5) is 10.5 Å². The number of barbiturate groups is 1. The van der Waals surface area contributed by atoms with Gasteiger partial charge in [0, 0.05) is 4.47 Å². The van der Waals surface area contributed by atoms with E-state index in [0.717, 1.165) is 11.3 Å². The lowest BCUT2D eigenvalue weighted by atomic mass is 10.1. The van der Waals surface area contributed by atoms with Crippen molar-refractivity contribution in [2.45, 2.75) is 20.3 Å². The monoisotopic (exact) mass is 472 g/mol. The van der Waals surface area contributed by atoms with Crippen LogP contribution in [0.5, 0.6) is 11.5 Å². The minimum Gasteiger partial charge on any atom is -0.490 e. The van der Waals surface area contributed by atoms with E-state index in [-0.39, 0.29) is 5.57 Å². The Bertz CT molecular complexity index is 1000. The topological polar surface area (TPSA) is 84.9 Å². The molecule has 3 rings (SSSR count). The van der Waals surface area contributed by atoms with E-state index in [9.17, 15) is 14.4 Å². The zero-order valence-corrected chi connectivity index (χ0v) is 18.2. The number of para-hydroxylation sites is 1. The first kappa shape index (κ1) is 21.6. The first-order valence-corrected chi connectivity index (χ1v) is 10.3. The number of urea groups is 1. The molecule has 1 N–H and O–H groups in total. The van der Waals surface area contributed by atoms with E-state index >= 15 is 0 Å². The minimum absolute atomic E-state index is 0.163. The van der Waals surface area contributed by atoms with Gasteiger partial charge in [-0.2, -0.15) is 0 Å². The molecule has 0 atom stereocenters. The van der Waals surface area contributed by atoms with Crippen LogP contribution in [0.25, 0.3) is 6.08 Å². The second-order valence-corrected chi connectivity index (χ2v) is 7.25. The molecule has 1 saturated heterocycles. The van der Waals surface area contributed by atoms with Crippen LogP contribution >= 0.6 is 15.9 Å². The molecule has 1 heterocycles. The average Bonchev–Trinajstić information content (AvgIpc) is 2.72. The van der Waals surface area contributed by atoms with E-state index in [1.54, 1.807) is 42.5 Å². The summed E-state index contributed by atoms with van der Waals surface area (Å²) >= 11 is 3.46. The van der Waals surface area contributed by atoms with Crippen molar-refractivity contribution >= 4 is 45.5 Å². The zero-order valence-electron chi connectivity index (χ0n) is 16.6. The Kier molecular flexibility index (Phi) is 6.89. The summed E-state index contributed by atoms with van der Waals surface area (Å²) in [4.78, 5) is 38.6.